The fraction of sp³-hybridized carbons (Fsp3) is 0.391. The second kappa shape index (κ2) is 9.90. The van der Waals surface area contributed by atoms with Crippen molar-refractivity contribution in [2.75, 3.05) is 18.5 Å². The quantitative estimate of drug-likeness (QED) is 0.635. The van der Waals surface area contributed by atoms with E-state index in [1.807, 2.05) is 30.3 Å². The van der Waals surface area contributed by atoms with Gasteiger partial charge in [-0.15, -0.1) is 12.4 Å². The maximum atomic E-state index is 13.2. The second-order valence-electron chi connectivity index (χ2n) is 7.38. The molecule has 0 spiro atoms. The summed E-state index contributed by atoms with van der Waals surface area (Å²) >= 11 is 0. The molecule has 3 heterocycles. The molecule has 29 heavy (non-hydrogen) atoms. The molecule has 0 saturated carbocycles. The van der Waals surface area contributed by atoms with E-state index in [1.54, 1.807) is 10.6 Å². The average Bonchev–Trinajstić information content (AvgIpc) is 2.74. The molecule has 0 unspecified atom stereocenters. The van der Waals surface area contributed by atoms with Crippen LogP contribution in [-0.4, -0.2) is 28.6 Å². The van der Waals surface area contributed by atoms with Crippen LogP contribution in [0, 0.1) is 0 Å². The maximum Gasteiger partial charge on any atom is 0.265 e. The zero-order valence-electron chi connectivity index (χ0n) is 16.8. The fourth-order valence-electron chi connectivity index (χ4n) is 3.76. The van der Waals surface area contributed by atoms with Crippen molar-refractivity contribution in [1.82, 2.24) is 9.38 Å². The summed E-state index contributed by atoms with van der Waals surface area (Å²) in [6.07, 6.45) is 6.75. The summed E-state index contributed by atoms with van der Waals surface area (Å²) in [6, 6.07) is 14.3. The molecule has 0 bridgehead atoms. The normalized spacial score (nSPS) is 14.5. The van der Waals surface area contributed by atoms with E-state index >= 15 is 0 Å². The predicted octanol–water partition coefficient (Wildman–Crippen LogP) is 4.72. The molecule has 1 fully saturated rings. The first-order valence-corrected chi connectivity index (χ1v) is 10.2. The van der Waals surface area contributed by atoms with Crippen LogP contribution in [0.3, 0.4) is 0 Å². The van der Waals surface area contributed by atoms with Crippen LogP contribution in [0.25, 0.3) is 16.8 Å². The first-order chi connectivity index (χ1) is 13.8. The number of hydrogen-bond donors (Lipinski definition) is 1. The molecular weight excluding hydrogens is 386 g/mol. The van der Waals surface area contributed by atoms with Crippen LogP contribution in [0.15, 0.2) is 53.5 Å². The molecule has 0 amide bonds. The number of halogens is 1. The van der Waals surface area contributed by atoms with Crippen molar-refractivity contribution in [3.8, 4) is 11.1 Å². The minimum Gasteiger partial charge on any atom is -0.382 e. The molecule has 0 radical (unpaired) electrons. The van der Waals surface area contributed by atoms with Crippen molar-refractivity contribution in [2.45, 2.75) is 45.1 Å². The van der Waals surface area contributed by atoms with E-state index in [2.05, 4.69) is 24.4 Å². The number of pyridine rings is 1. The minimum atomic E-state index is 0. The van der Waals surface area contributed by atoms with Crippen molar-refractivity contribution >= 4 is 23.7 Å². The fourth-order valence-corrected chi connectivity index (χ4v) is 3.76. The number of aryl methyl sites for hydroxylation is 1. The smallest absolute Gasteiger partial charge is 0.265 e. The zero-order valence-corrected chi connectivity index (χ0v) is 17.6. The van der Waals surface area contributed by atoms with Gasteiger partial charge in [-0.1, -0.05) is 31.5 Å². The lowest BCUT2D eigenvalue weighted by Crippen LogP contribution is -2.27. The van der Waals surface area contributed by atoms with Crippen LogP contribution in [0.2, 0.25) is 0 Å². The van der Waals surface area contributed by atoms with Crippen LogP contribution < -0.4 is 10.9 Å². The SMILES string of the molecule is CCCCc1nc2ccccn2c(=O)c1-c1ccc(NC2CCOCC2)cc1.Cl. The van der Waals surface area contributed by atoms with E-state index in [9.17, 15) is 4.79 Å². The lowest BCUT2D eigenvalue weighted by atomic mass is 10.0. The molecule has 1 aromatic carbocycles. The Bertz CT molecular complexity index is 995. The van der Waals surface area contributed by atoms with Crippen LogP contribution in [0.5, 0.6) is 0 Å². The van der Waals surface area contributed by atoms with E-state index < -0.39 is 0 Å². The summed E-state index contributed by atoms with van der Waals surface area (Å²) in [4.78, 5) is 18.0. The molecule has 154 valence electrons. The highest BCUT2D eigenvalue weighted by atomic mass is 35.5. The van der Waals surface area contributed by atoms with Gasteiger partial charge in [-0.25, -0.2) is 4.98 Å². The summed E-state index contributed by atoms with van der Waals surface area (Å²) in [7, 11) is 0. The molecule has 1 aliphatic heterocycles. The Morgan fingerprint density at radius 2 is 1.90 bits per heavy atom. The van der Waals surface area contributed by atoms with E-state index in [1.165, 1.54) is 0 Å². The van der Waals surface area contributed by atoms with E-state index in [0.717, 1.165) is 67.8 Å². The molecule has 4 rings (SSSR count). The number of nitrogens with zero attached hydrogens (tertiary/aromatic N) is 2. The third-order valence-corrected chi connectivity index (χ3v) is 5.34. The van der Waals surface area contributed by atoms with Gasteiger partial charge in [-0.3, -0.25) is 9.20 Å². The molecule has 6 heteroatoms. The first kappa shape index (κ1) is 21.3. The van der Waals surface area contributed by atoms with Crippen molar-refractivity contribution in [3.63, 3.8) is 0 Å². The monoisotopic (exact) mass is 413 g/mol. The third-order valence-electron chi connectivity index (χ3n) is 5.34. The molecule has 0 atom stereocenters. The number of ether oxygens (including phenoxy) is 1. The minimum absolute atomic E-state index is 0. The highest BCUT2D eigenvalue weighted by molar-refractivity contribution is 5.85. The molecule has 1 aliphatic rings. The number of rotatable bonds is 6. The molecule has 3 aromatic rings. The number of fused-ring (bicyclic) bond motifs is 1. The third kappa shape index (κ3) is 4.80. The lowest BCUT2D eigenvalue weighted by Gasteiger charge is -2.24. The van der Waals surface area contributed by atoms with Gasteiger partial charge >= 0.3 is 0 Å². The first-order valence-electron chi connectivity index (χ1n) is 10.2. The topological polar surface area (TPSA) is 55.6 Å². The zero-order chi connectivity index (χ0) is 19.3. The number of anilines is 1. The van der Waals surface area contributed by atoms with Crippen LogP contribution in [-0.2, 0) is 11.2 Å². The lowest BCUT2D eigenvalue weighted by molar-refractivity contribution is 0.0904. The summed E-state index contributed by atoms with van der Waals surface area (Å²) in [5, 5.41) is 3.57. The summed E-state index contributed by atoms with van der Waals surface area (Å²) in [5.74, 6) is 0. The Kier molecular flexibility index (Phi) is 7.29. The Labute approximate surface area is 177 Å². The van der Waals surface area contributed by atoms with Crippen LogP contribution in [0.4, 0.5) is 5.69 Å². The number of benzene rings is 1. The van der Waals surface area contributed by atoms with Crippen molar-refractivity contribution < 1.29 is 4.74 Å². The van der Waals surface area contributed by atoms with Crippen LogP contribution >= 0.6 is 12.4 Å². The molecular formula is C23H28ClN3O2. The van der Waals surface area contributed by atoms with E-state index in [0.29, 0.717) is 11.7 Å². The average molecular weight is 414 g/mol. The van der Waals surface area contributed by atoms with Crippen molar-refractivity contribution in [2.24, 2.45) is 0 Å². The number of nitrogens with one attached hydrogen (secondary N) is 1. The maximum absolute atomic E-state index is 13.2. The molecule has 5 nitrogen and oxygen atoms in total. The summed E-state index contributed by atoms with van der Waals surface area (Å²) in [6.45, 7) is 3.79. The Hall–Kier alpha value is -2.37. The Morgan fingerprint density at radius 1 is 1.14 bits per heavy atom. The van der Waals surface area contributed by atoms with Gasteiger partial charge in [0.1, 0.15) is 5.65 Å². The van der Waals surface area contributed by atoms with E-state index in [-0.39, 0.29) is 18.0 Å². The largest absolute Gasteiger partial charge is 0.382 e. The molecule has 1 N–H and O–H groups in total. The van der Waals surface area contributed by atoms with Gasteiger partial charge in [0.25, 0.3) is 5.56 Å². The van der Waals surface area contributed by atoms with Gasteiger partial charge in [0.05, 0.1) is 11.3 Å². The summed E-state index contributed by atoms with van der Waals surface area (Å²) < 4.78 is 7.06. The number of aromatic nitrogens is 2. The Balaban J connectivity index is 0.00000240. The van der Waals surface area contributed by atoms with Gasteiger partial charge in [-0.2, -0.15) is 0 Å². The van der Waals surface area contributed by atoms with Gasteiger partial charge in [-0.05, 0) is 55.5 Å². The molecule has 0 aliphatic carbocycles. The molecule has 1 saturated heterocycles. The van der Waals surface area contributed by atoms with Gasteiger partial charge < -0.3 is 10.1 Å². The Morgan fingerprint density at radius 3 is 2.62 bits per heavy atom. The predicted molar refractivity (Wildman–Crippen MR) is 120 cm³/mol. The standard InChI is InChI=1S/C23H27N3O2.ClH/c1-2-3-6-20-22(23(27)26-14-5-4-7-21(26)25-20)17-8-10-18(11-9-17)24-19-12-15-28-16-13-19;/h4-5,7-11,14,19,24H,2-3,6,12-13,15-16H2,1H3;1H. The van der Waals surface area contributed by atoms with Gasteiger partial charge in [0, 0.05) is 31.1 Å². The summed E-state index contributed by atoms with van der Waals surface area (Å²) in [5.41, 5.74) is 4.33. The van der Waals surface area contributed by atoms with Crippen molar-refractivity contribution in [1.29, 1.82) is 0 Å². The van der Waals surface area contributed by atoms with Gasteiger partial charge in [0.15, 0.2) is 0 Å². The number of hydrogen-bond acceptors (Lipinski definition) is 4. The molecule has 2 aromatic heterocycles. The highest BCUT2D eigenvalue weighted by Crippen LogP contribution is 2.24. The number of unbranched alkanes of at least 4 members (excludes halogenated alkanes) is 1. The second-order valence-corrected chi connectivity index (χ2v) is 7.38. The van der Waals surface area contributed by atoms with E-state index in [4.69, 9.17) is 9.72 Å². The van der Waals surface area contributed by atoms with Crippen LogP contribution in [0.1, 0.15) is 38.3 Å². The van der Waals surface area contributed by atoms with Gasteiger partial charge in [0.2, 0.25) is 0 Å². The highest BCUT2D eigenvalue weighted by Gasteiger charge is 2.16. The van der Waals surface area contributed by atoms with Crippen molar-refractivity contribution in [3.05, 3.63) is 64.7 Å².